The average molecular weight is 237 g/mol. The molecule has 1 aromatic rings. The molecule has 1 aliphatic carbocycles. The van der Waals surface area contributed by atoms with Gasteiger partial charge in [0.1, 0.15) is 6.54 Å². The van der Waals surface area contributed by atoms with Gasteiger partial charge in [-0.2, -0.15) is 0 Å². The minimum absolute atomic E-state index is 0.108. The molecule has 0 radical (unpaired) electrons. The van der Waals surface area contributed by atoms with Crippen LogP contribution in [-0.2, 0) is 11.3 Å². The molecule has 0 bridgehead atoms. The molecule has 17 heavy (non-hydrogen) atoms. The zero-order valence-corrected chi connectivity index (χ0v) is 10.3. The molecular formula is C11H19N5O. The van der Waals surface area contributed by atoms with Crippen molar-refractivity contribution in [3.05, 3.63) is 11.9 Å². The van der Waals surface area contributed by atoms with Crippen LogP contribution >= 0.6 is 0 Å². The van der Waals surface area contributed by atoms with Gasteiger partial charge in [-0.15, -0.1) is 5.10 Å². The second-order valence-electron chi connectivity index (χ2n) is 4.54. The Bertz CT molecular complexity index is 396. The highest BCUT2D eigenvalue weighted by Crippen LogP contribution is 2.26. The fourth-order valence-corrected chi connectivity index (χ4v) is 1.85. The summed E-state index contributed by atoms with van der Waals surface area (Å²) in [5, 5.41) is 7.84. The van der Waals surface area contributed by atoms with Crippen LogP contribution in [0, 0.1) is 0 Å². The van der Waals surface area contributed by atoms with Crippen molar-refractivity contribution in [1.29, 1.82) is 0 Å². The zero-order valence-electron chi connectivity index (χ0n) is 10.3. The van der Waals surface area contributed by atoms with Crippen LogP contribution in [0.5, 0.6) is 0 Å². The minimum atomic E-state index is -0.149. The van der Waals surface area contributed by atoms with E-state index in [1.807, 2.05) is 18.7 Å². The standard InChI is InChI=1S/C11H19N5O/c1-3-16(9-4-5-9)11(17)7-15-6-10(8(2)12)13-14-15/h6,8-9H,3-5,7,12H2,1-2H3. The summed E-state index contributed by atoms with van der Waals surface area (Å²) in [4.78, 5) is 13.9. The molecule has 6 heteroatoms. The topological polar surface area (TPSA) is 77.0 Å². The first-order chi connectivity index (χ1) is 8.11. The molecule has 1 amide bonds. The van der Waals surface area contributed by atoms with E-state index >= 15 is 0 Å². The maximum atomic E-state index is 12.0. The Morgan fingerprint density at radius 2 is 2.41 bits per heavy atom. The van der Waals surface area contributed by atoms with Gasteiger partial charge in [0.05, 0.1) is 11.9 Å². The van der Waals surface area contributed by atoms with Crippen molar-refractivity contribution in [2.24, 2.45) is 5.73 Å². The van der Waals surface area contributed by atoms with Crippen molar-refractivity contribution >= 4 is 5.91 Å². The number of aromatic nitrogens is 3. The van der Waals surface area contributed by atoms with Gasteiger partial charge < -0.3 is 10.6 Å². The highest BCUT2D eigenvalue weighted by Gasteiger charge is 2.31. The number of nitrogens with zero attached hydrogens (tertiary/aromatic N) is 4. The highest BCUT2D eigenvalue weighted by molar-refractivity contribution is 5.76. The first kappa shape index (κ1) is 12.0. The Morgan fingerprint density at radius 3 is 2.88 bits per heavy atom. The quantitative estimate of drug-likeness (QED) is 0.799. The zero-order chi connectivity index (χ0) is 12.4. The van der Waals surface area contributed by atoms with Crippen molar-refractivity contribution in [1.82, 2.24) is 19.9 Å². The van der Waals surface area contributed by atoms with Gasteiger partial charge in [-0.25, -0.2) is 4.68 Å². The molecule has 2 rings (SSSR count). The predicted molar refractivity (Wildman–Crippen MR) is 63.0 cm³/mol. The van der Waals surface area contributed by atoms with Crippen LogP contribution in [0.4, 0.5) is 0 Å². The number of nitrogens with two attached hydrogens (primary N) is 1. The first-order valence-electron chi connectivity index (χ1n) is 6.07. The third-order valence-corrected chi connectivity index (χ3v) is 2.97. The number of hydrogen-bond donors (Lipinski definition) is 1. The van der Waals surface area contributed by atoms with Crippen LogP contribution in [0.25, 0.3) is 0 Å². The van der Waals surface area contributed by atoms with Gasteiger partial charge >= 0.3 is 0 Å². The fraction of sp³-hybridized carbons (Fsp3) is 0.727. The molecule has 1 unspecified atom stereocenters. The Hall–Kier alpha value is -1.43. The van der Waals surface area contributed by atoms with E-state index in [0.29, 0.717) is 11.7 Å². The van der Waals surface area contributed by atoms with E-state index < -0.39 is 0 Å². The number of carbonyl (C=O) groups is 1. The summed E-state index contributed by atoms with van der Waals surface area (Å²) in [6, 6.07) is 0.300. The van der Waals surface area contributed by atoms with E-state index in [9.17, 15) is 4.79 Å². The molecule has 1 atom stereocenters. The van der Waals surface area contributed by atoms with E-state index in [4.69, 9.17) is 5.73 Å². The summed E-state index contributed by atoms with van der Waals surface area (Å²) in [6.07, 6.45) is 3.99. The molecule has 0 aliphatic heterocycles. The Labute approximate surface area is 101 Å². The minimum Gasteiger partial charge on any atom is -0.338 e. The molecule has 6 nitrogen and oxygen atoms in total. The van der Waals surface area contributed by atoms with Crippen molar-refractivity contribution in [2.45, 2.75) is 45.3 Å². The molecule has 1 fully saturated rings. The van der Waals surface area contributed by atoms with Crippen molar-refractivity contribution in [3.63, 3.8) is 0 Å². The normalized spacial score (nSPS) is 16.9. The molecule has 0 saturated heterocycles. The third-order valence-electron chi connectivity index (χ3n) is 2.97. The van der Waals surface area contributed by atoms with Crippen LogP contribution in [-0.4, -0.2) is 38.4 Å². The summed E-state index contributed by atoms with van der Waals surface area (Å²) in [6.45, 7) is 4.87. The van der Waals surface area contributed by atoms with E-state index in [-0.39, 0.29) is 18.5 Å². The van der Waals surface area contributed by atoms with Crippen LogP contribution in [0.3, 0.4) is 0 Å². The molecule has 1 aliphatic rings. The highest BCUT2D eigenvalue weighted by atomic mass is 16.2. The van der Waals surface area contributed by atoms with Crippen LogP contribution in [0.15, 0.2) is 6.20 Å². The van der Waals surface area contributed by atoms with Crippen molar-refractivity contribution < 1.29 is 4.79 Å². The SMILES string of the molecule is CCN(C(=O)Cn1cc(C(C)N)nn1)C1CC1. The maximum Gasteiger partial charge on any atom is 0.244 e. The lowest BCUT2D eigenvalue weighted by molar-refractivity contribution is -0.132. The monoisotopic (exact) mass is 237 g/mol. The summed E-state index contributed by atoms with van der Waals surface area (Å²) < 4.78 is 1.56. The number of rotatable bonds is 5. The Kier molecular flexibility index (Phi) is 3.42. The van der Waals surface area contributed by atoms with Crippen LogP contribution < -0.4 is 5.73 Å². The number of carbonyl (C=O) groups excluding carboxylic acids is 1. The lowest BCUT2D eigenvalue weighted by Crippen LogP contribution is -2.35. The predicted octanol–water partition coefficient (Wildman–Crippen LogP) is 0.309. The van der Waals surface area contributed by atoms with Gasteiger partial charge in [-0.3, -0.25) is 4.79 Å². The second-order valence-corrected chi connectivity index (χ2v) is 4.54. The van der Waals surface area contributed by atoms with Crippen LogP contribution in [0.1, 0.15) is 38.4 Å². The average Bonchev–Trinajstić information content (AvgIpc) is 2.98. The number of amides is 1. The van der Waals surface area contributed by atoms with Crippen molar-refractivity contribution in [2.75, 3.05) is 6.54 Å². The lowest BCUT2D eigenvalue weighted by Gasteiger charge is -2.19. The Balaban J connectivity index is 1.96. The third kappa shape index (κ3) is 2.82. The van der Waals surface area contributed by atoms with Gasteiger partial charge in [0.25, 0.3) is 0 Å². The molecule has 0 spiro atoms. The largest absolute Gasteiger partial charge is 0.338 e. The van der Waals surface area contributed by atoms with Gasteiger partial charge in [-0.05, 0) is 26.7 Å². The summed E-state index contributed by atoms with van der Waals surface area (Å²) in [5.74, 6) is 0.108. The molecule has 2 N–H and O–H groups in total. The number of hydrogen-bond acceptors (Lipinski definition) is 4. The van der Waals surface area contributed by atoms with Gasteiger partial charge in [0, 0.05) is 18.6 Å². The Morgan fingerprint density at radius 1 is 1.71 bits per heavy atom. The van der Waals surface area contributed by atoms with E-state index in [2.05, 4.69) is 10.3 Å². The molecule has 94 valence electrons. The first-order valence-corrected chi connectivity index (χ1v) is 6.07. The van der Waals surface area contributed by atoms with Gasteiger partial charge in [-0.1, -0.05) is 5.21 Å². The molecule has 1 heterocycles. The fourth-order valence-electron chi connectivity index (χ4n) is 1.85. The van der Waals surface area contributed by atoms with E-state index in [1.54, 1.807) is 10.9 Å². The van der Waals surface area contributed by atoms with E-state index in [1.165, 1.54) is 0 Å². The van der Waals surface area contributed by atoms with Gasteiger partial charge in [0.2, 0.25) is 5.91 Å². The molecular weight excluding hydrogens is 218 g/mol. The molecule has 1 aromatic heterocycles. The van der Waals surface area contributed by atoms with E-state index in [0.717, 1.165) is 19.4 Å². The summed E-state index contributed by atoms with van der Waals surface area (Å²) in [7, 11) is 0. The van der Waals surface area contributed by atoms with Crippen LogP contribution in [0.2, 0.25) is 0 Å². The summed E-state index contributed by atoms with van der Waals surface area (Å²) >= 11 is 0. The van der Waals surface area contributed by atoms with Crippen molar-refractivity contribution in [3.8, 4) is 0 Å². The van der Waals surface area contributed by atoms with Gasteiger partial charge in [0.15, 0.2) is 0 Å². The lowest BCUT2D eigenvalue weighted by atomic mass is 10.3. The molecule has 1 saturated carbocycles. The smallest absolute Gasteiger partial charge is 0.244 e. The molecule has 0 aromatic carbocycles. The number of likely N-dealkylation sites (N-methyl/N-ethyl adjacent to an activating group) is 1. The maximum absolute atomic E-state index is 12.0. The summed E-state index contributed by atoms with van der Waals surface area (Å²) in [5.41, 5.74) is 6.41. The second kappa shape index (κ2) is 4.83.